The molecular weight excluding hydrogens is 188 g/mol. The average molecular weight is 212 g/mol. The van der Waals surface area contributed by atoms with Crippen LogP contribution in [-0.4, -0.2) is 36.5 Å². The summed E-state index contributed by atoms with van der Waals surface area (Å²) in [6.45, 7) is 11.2. The van der Waals surface area contributed by atoms with Gasteiger partial charge in [0, 0.05) is 25.0 Å². The smallest absolute Gasteiger partial charge is 0.225 e. The highest BCUT2D eigenvalue weighted by molar-refractivity contribution is 5.78. The molecule has 15 heavy (non-hydrogen) atoms. The van der Waals surface area contributed by atoms with Crippen molar-refractivity contribution in [2.45, 2.75) is 40.2 Å². The zero-order chi connectivity index (χ0) is 11.4. The lowest BCUT2D eigenvalue weighted by molar-refractivity contribution is -0.136. The van der Waals surface area contributed by atoms with Crippen LogP contribution in [0, 0.1) is 11.8 Å². The van der Waals surface area contributed by atoms with E-state index < -0.39 is 0 Å². The molecule has 3 heteroatoms. The second-order valence-electron chi connectivity index (χ2n) is 4.87. The maximum absolute atomic E-state index is 11.8. The van der Waals surface area contributed by atoms with E-state index in [0.717, 1.165) is 26.1 Å². The largest absolute Gasteiger partial charge is 0.342 e. The number of nitrogens with one attached hydrogen (secondary N) is 1. The summed E-state index contributed by atoms with van der Waals surface area (Å²) in [7, 11) is 0. The summed E-state index contributed by atoms with van der Waals surface area (Å²) >= 11 is 0. The number of hydrogen-bond acceptors (Lipinski definition) is 2. The van der Waals surface area contributed by atoms with E-state index in [2.05, 4.69) is 19.2 Å². The molecule has 1 amide bonds. The molecule has 1 saturated heterocycles. The monoisotopic (exact) mass is 212 g/mol. The van der Waals surface area contributed by atoms with Gasteiger partial charge in [0.2, 0.25) is 5.91 Å². The van der Waals surface area contributed by atoms with Gasteiger partial charge < -0.3 is 10.2 Å². The fraction of sp³-hybridized carbons (Fsp3) is 0.917. The summed E-state index contributed by atoms with van der Waals surface area (Å²) in [5.74, 6) is 1.01. The first-order chi connectivity index (χ1) is 7.06. The number of nitrogens with zero attached hydrogens (tertiary/aromatic N) is 1. The number of amides is 1. The third-order valence-corrected chi connectivity index (χ3v) is 3.18. The Morgan fingerprint density at radius 1 is 1.53 bits per heavy atom. The average Bonchev–Trinajstić information content (AvgIpc) is 2.20. The SMILES string of the molecule is CCNC1CCN(C(=O)C(C)C)CC1C. The summed E-state index contributed by atoms with van der Waals surface area (Å²) in [4.78, 5) is 13.8. The fourth-order valence-corrected chi connectivity index (χ4v) is 2.28. The van der Waals surface area contributed by atoms with E-state index in [1.807, 2.05) is 18.7 Å². The van der Waals surface area contributed by atoms with Gasteiger partial charge in [-0.2, -0.15) is 0 Å². The molecule has 0 aliphatic carbocycles. The summed E-state index contributed by atoms with van der Waals surface area (Å²) in [5.41, 5.74) is 0. The first kappa shape index (κ1) is 12.5. The van der Waals surface area contributed by atoms with E-state index in [1.165, 1.54) is 0 Å². The van der Waals surface area contributed by atoms with Crippen molar-refractivity contribution in [1.82, 2.24) is 10.2 Å². The molecule has 1 rings (SSSR count). The highest BCUT2D eigenvalue weighted by Gasteiger charge is 2.28. The number of carbonyl (C=O) groups is 1. The minimum atomic E-state index is 0.132. The molecule has 1 heterocycles. The summed E-state index contributed by atoms with van der Waals surface area (Å²) in [6.07, 6.45) is 1.09. The van der Waals surface area contributed by atoms with E-state index >= 15 is 0 Å². The van der Waals surface area contributed by atoms with E-state index in [1.54, 1.807) is 0 Å². The molecule has 0 radical (unpaired) electrons. The van der Waals surface area contributed by atoms with Crippen LogP contribution in [0.15, 0.2) is 0 Å². The van der Waals surface area contributed by atoms with Gasteiger partial charge in [-0.15, -0.1) is 0 Å². The normalized spacial score (nSPS) is 27.1. The van der Waals surface area contributed by atoms with Crippen LogP contribution in [0.4, 0.5) is 0 Å². The van der Waals surface area contributed by atoms with Gasteiger partial charge in [-0.25, -0.2) is 0 Å². The molecule has 1 aliphatic rings. The van der Waals surface area contributed by atoms with Crippen molar-refractivity contribution in [3.63, 3.8) is 0 Å². The number of piperidine rings is 1. The predicted molar refractivity (Wildman–Crippen MR) is 62.7 cm³/mol. The van der Waals surface area contributed by atoms with Crippen LogP contribution in [0.3, 0.4) is 0 Å². The standard InChI is InChI=1S/C12H24N2O/c1-5-13-11-6-7-14(8-10(11)4)12(15)9(2)3/h9-11,13H,5-8H2,1-4H3. The van der Waals surface area contributed by atoms with Crippen molar-refractivity contribution in [2.75, 3.05) is 19.6 Å². The zero-order valence-corrected chi connectivity index (χ0v) is 10.4. The van der Waals surface area contributed by atoms with Crippen LogP contribution >= 0.6 is 0 Å². The van der Waals surface area contributed by atoms with Crippen LogP contribution in [0.1, 0.15) is 34.1 Å². The highest BCUT2D eigenvalue weighted by Crippen LogP contribution is 2.18. The molecule has 1 N–H and O–H groups in total. The summed E-state index contributed by atoms with van der Waals surface area (Å²) in [6, 6.07) is 0.589. The zero-order valence-electron chi connectivity index (χ0n) is 10.4. The second-order valence-corrected chi connectivity index (χ2v) is 4.87. The van der Waals surface area contributed by atoms with E-state index in [9.17, 15) is 4.79 Å². The maximum Gasteiger partial charge on any atom is 0.225 e. The maximum atomic E-state index is 11.8. The third kappa shape index (κ3) is 3.20. The van der Waals surface area contributed by atoms with Crippen molar-refractivity contribution in [2.24, 2.45) is 11.8 Å². The van der Waals surface area contributed by atoms with Crippen molar-refractivity contribution in [3.05, 3.63) is 0 Å². The predicted octanol–water partition coefficient (Wildman–Crippen LogP) is 1.49. The van der Waals surface area contributed by atoms with Gasteiger partial charge in [-0.3, -0.25) is 4.79 Å². The van der Waals surface area contributed by atoms with E-state index in [4.69, 9.17) is 0 Å². The van der Waals surface area contributed by atoms with Gasteiger partial charge in [0.25, 0.3) is 0 Å². The number of carbonyl (C=O) groups excluding carboxylic acids is 1. The van der Waals surface area contributed by atoms with Crippen molar-refractivity contribution in [3.8, 4) is 0 Å². The van der Waals surface area contributed by atoms with Crippen LogP contribution in [0.2, 0.25) is 0 Å². The van der Waals surface area contributed by atoms with Crippen molar-refractivity contribution < 1.29 is 4.79 Å². The molecule has 0 saturated carbocycles. The Labute approximate surface area is 93.2 Å². The van der Waals surface area contributed by atoms with Crippen molar-refractivity contribution in [1.29, 1.82) is 0 Å². The second kappa shape index (κ2) is 5.50. The lowest BCUT2D eigenvalue weighted by atomic mass is 9.93. The number of hydrogen-bond donors (Lipinski definition) is 1. The fourth-order valence-electron chi connectivity index (χ4n) is 2.28. The minimum Gasteiger partial charge on any atom is -0.342 e. The Morgan fingerprint density at radius 3 is 2.67 bits per heavy atom. The Balaban J connectivity index is 2.47. The van der Waals surface area contributed by atoms with Gasteiger partial charge in [0.05, 0.1) is 0 Å². The Bertz CT molecular complexity index is 216. The molecule has 2 atom stereocenters. The molecule has 88 valence electrons. The van der Waals surface area contributed by atoms with Gasteiger partial charge in [-0.05, 0) is 18.9 Å². The van der Waals surface area contributed by atoms with Gasteiger partial charge in [0.1, 0.15) is 0 Å². The first-order valence-corrected chi connectivity index (χ1v) is 6.08. The first-order valence-electron chi connectivity index (χ1n) is 6.08. The third-order valence-electron chi connectivity index (χ3n) is 3.18. The van der Waals surface area contributed by atoms with Gasteiger partial charge in [0.15, 0.2) is 0 Å². The Hall–Kier alpha value is -0.570. The van der Waals surface area contributed by atoms with Gasteiger partial charge in [-0.1, -0.05) is 27.7 Å². The number of rotatable bonds is 3. The molecule has 1 aliphatic heterocycles. The molecule has 0 aromatic carbocycles. The molecule has 0 aromatic heterocycles. The van der Waals surface area contributed by atoms with Crippen LogP contribution in [0.5, 0.6) is 0 Å². The summed E-state index contributed by atoms with van der Waals surface area (Å²) < 4.78 is 0. The topological polar surface area (TPSA) is 32.3 Å². The molecule has 1 fully saturated rings. The quantitative estimate of drug-likeness (QED) is 0.768. The van der Waals surface area contributed by atoms with E-state index in [-0.39, 0.29) is 5.92 Å². The molecule has 2 unspecified atom stereocenters. The summed E-state index contributed by atoms with van der Waals surface area (Å²) in [5, 5.41) is 3.48. The van der Waals surface area contributed by atoms with Crippen LogP contribution < -0.4 is 5.32 Å². The molecule has 3 nitrogen and oxygen atoms in total. The van der Waals surface area contributed by atoms with Crippen LogP contribution in [0.25, 0.3) is 0 Å². The van der Waals surface area contributed by atoms with Crippen molar-refractivity contribution >= 4 is 5.91 Å². The Kier molecular flexibility index (Phi) is 4.58. The van der Waals surface area contributed by atoms with E-state index in [0.29, 0.717) is 17.9 Å². The lowest BCUT2D eigenvalue weighted by Crippen LogP contribution is -2.50. The Morgan fingerprint density at radius 2 is 2.20 bits per heavy atom. The minimum absolute atomic E-state index is 0.132. The van der Waals surface area contributed by atoms with Crippen LogP contribution in [-0.2, 0) is 4.79 Å². The molecular formula is C12H24N2O. The highest BCUT2D eigenvalue weighted by atomic mass is 16.2. The van der Waals surface area contributed by atoms with Gasteiger partial charge >= 0.3 is 0 Å². The molecule has 0 bridgehead atoms. The molecule has 0 aromatic rings. The number of likely N-dealkylation sites (tertiary alicyclic amines) is 1. The lowest BCUT2D eigenvalue weighted by Gasteiger charge is -2.38. The molecule has 0 spiro atoms.